The number of methoxy groups -OCH3 is 1. The molecule has 4 rings (SSSR count). The first kappa shape index (κ1) is 24.3. The summed E-state index contributed by atoms with van der Waals surface area (Å²) < 4.78 is 5.06. The van der Waals surface area contributed by atoms with E-state index < -0.39 is 4.92 Å². The van der Waals surface area contributed by atoms with Crippen LogP contribution in [0.15, 0.2) is 48.5 Å². The Labute approximate surface area is 204 Å². The van der Waals surface area contributed by atoms with E-state index in [0.717, 1.165) is 48.1 Å². The molecule has 0 aliphatic heterocycles. The molecule has 35 heavy (non-hydrogen) atoms. The SMILES string of the molecule is COc1cc(C(=O)NC[C@H]2CC[C@@H](Nc3cc(N(C)C)c4ccccc4n3)CC2)ccc1[N+](=O)[O-]. The summed E-state index contributed by atoms with van der Waals surface area (Å²) in [7, 11) is 5.43. The lowest BCUT2D eigenvalue weighted by Crippen LogP contribution is -2.34. The second-order valence-electron chi connectivity index (χ2n) is 9.15. The number of pyridine rings is 1. The van der Waals surface area contributed by atoms with Crippen molar-refractivity contribution in [3.8, 4) is 5.75 Å². The minimum Gasteiger partial charge on any atom is -0.490 e. The van der Waals surface area contributed by atoms with Gasteiger partial charge in [-0.05, 0) is 43.7 Å². The van der Waals surface area contributed by atoms with Crippen molar-refractivity contribution in [2.24, 2.45) is 5.92 Å². The van der Waals surface area contributed by atoms with Crippen LogP contribution in [0.4, 0.5) is 17.2 Å². The molecular formula is C26H31N5O4. The average Bonchev–Trinajstić information content (AvgIpc) is 2.87. The van der Waals surface area contributed by atoms with E-state index in [1.807, 2.05) is 32.3 Å². The number of carbonyl (C=O) groups is 1. The summed E-state index contributed by atoms with van der Waals surface area (Å²) in [5, 5.41) is 18.8. The molecule has 0 saturated heterocycles. The third kappa shape index (κ3) is 5.62. The average molecular weight is 478 g/mol. The molecule has 1 fully saturated rings. The largest absolute Gasteiger partial charge is 0.490 e. The monoisotopic (exact) mass is 477 g/mol. The normalized spacial score (nSPS) is 17.6. The van der Waals surface area contributed by atoms with Gasteiger partial charge in [-0.2, -0.15) is 0 Å². The number of aromatic nitrogens is 1. The van der Waals surface area contributed by atoms with E-state index in [9.17, 15) is 14.9 Å². The van der Waals surface area contributed by atoms with Crippen LogP contribution >= 0.6 is 0 Å². The molecule has 2 aromatic carbocycles. The molecule has 184 valence electrons. The number of nitro groups is 1. The number of hydrogen-bond donors (Lipinski definition) is 2. The first-order valence-corrected chi connectivity index (χ1v) is 11.8. The van der Waals surface area contributed by atoms with Crippen molar-refractivity contribution in [1.82, 2.24) is 10.3 Å². The molecule has 0 atom stereocenters. The number of nitrogens with one attached hydrogen (secondary N) is 2. The number of anilines is 2. The van der Waals surface area contributed by atoms with Crippen LogP contribution in [0.25, 0.3) is 10.9 Å². The number of nitro benzene ring substituents is 1. The van der Waals surface area contributed by atoms with Crippen LogP contribution in [0.3, 0.4) is 0 Å². The lowest BCUT2D eigenvalue weighted by Gasteiger charge is -2.30. The van der Waals surface area contributed by atoms with Gasteiger partial charge in [-0.1, -0.05) is 18.2 Å². The third-order valence-electron chi connectivity index (χ3n) is 6.56. The highest BCUT2D eigenvalue weighted by atomic mass is 16.6. The first-order valence-electron chi connectivity index (χ1n) is 11.8. The molecule has 0 spiro atoms. The van der Waals surface area contributed by atoms with Gasteiger partial charge in [0.15, 0.2) is 5.75 Å². The van der Waals surface area contributed by atoms with Crippen molar-refractivity contribution in [2.45, 2.75) is 31.7 Å². The molecule has 1 aromatic heterocycles. The molecule has 9 heteroatoms. The van der Waals surface area contributed by atoms with Crippen LogP contribution < -0.4 is 20.3 Å². The zero-order valence-electron chi connectivity index (χ0n) is 20.3. The molecule has 1 saturated carbocycles. The Bertz CT molecular complexity index is 1220. The van der Waals surface area contributed by atoms with Crippen LogP contribution in [0.1, 0.15) is 36.0 Å². The summed E-state index contributed by atoms with van der Waals surface area (Å²) in [5.74, 6) is 1.10. The van der Waals surface area contributed by atoms with Crippen LogP contribution in [-0.2, 0) is 0 Å². The van der Waals surface area contributed by atoms with Crippen molar-refractivity contribution in [3.05, 3.63) is 64.2 Å². The summed E-state index contributed by atoms with van der Waals surface area (Å²) in [6, 6.07) is 14.8. The van der Waals surface area contributed by atoms with E-state index in [2.05, 4.69) is 27.7 Å². The number of benzene rings is 2. The van der Waals surface area contributed by atoms with Gasteiger partial charge in [-0.15, -0.1) is 0 Å². The van der Waals surface area contributed by atoms with Gasteiger partial charge in [-0.25, -0.2) is 4.98 Å². The van der Waals surface area contributed by atoms with Crippen molar-refractivity contribution in [3.63, 3.8) is 0 Å². The van der Waals surface area contributed by atoms with Gasteiger partial charge in [0.1, 0.15) is 5.82 Å². The fourth-order valence-electron chi connectivity index (χ4n) is 4.63. The Kier molecular flexibility index (Phi) is 7.33. The highest BCUT2D eigenvalue weighted by Gasteiger charge is 2.23. The van der Waals surface area contributed by atoms with Crippen molar-refractivity contribution in [1.29, 1.82) is 0 Å². The van der Waals surface area contributed by atoms with Gasteiger partial charge in [0.2, 0.25) is 0 Å². The van der Waals surface area contributed by atoms with E-state index in [-0.39, 0.29) is 17.3 Å². The highest BCUT2D eigenvalue weighted by Crippen LogP contribution is 2.31. The maximum absolute atomic E-state index is 12.6. The second kappa shape index (κ2) is 10.6. The number of nitrogens with zero attached hydrogens (tertiary/aromatic N) is 3. The maximum atomic E-state index is 12.6. The number of para-hydroxylation sites is 1. The number of hydrogen-bond acceptors (Lipinski definition) is 7. The van der Waals surface area contributed by atoms with E-state index >= 15 is 0 Å². The molecule has 0 bridgehead atoms. The standard InChI is InChI=1S/C26H31N5O4/c1-30(2)23-15-25(29-21-7-5-4-6-20(21)23)28-19-11-8-17(9-12-19)16-27-26(32)18-10-13-22(31(33)34)24(14-18)35-3/h4-7,10,13-15,17,19H,8-9,11-12,16H2,1-3H3,(H,27,32)(H,28,29)/t17-,19+. The third-order valence-corrected chi connectivity index (χ3v) is 6.56. The smallest absolute Gasteiger partial charge is 0.310 e. The minimum atomic E-state index is -0.526. The number of fused-ring (bicyclic) bond motifs is 1. The molecule has 2 N–H and O–H groups in total. The number of ether oxygens (including phenoxy) is 1. The molecule has 1 amide bonds. The summed E-state index contributed by atoms with van der Waals surface area (Å²) in [5.41, 5.74) is 2.30. The quantitative estimate of drug-likeness (QED) is 0.360. The maximum Gasteiger partial charge on any atom is 0.310 e. The van der Waals surface area contributed by atoms with Gasteiger partial charge in [0.25, 0.3) is 5.91 Å². The fourth-order valence-corrected chi connectivity index (χ4v) is 4.63. The fraction of sp³-hybridized carbons (Fsp3) is 0.385. The van der Waals surface area contributed by atoms with Gasteiger partial charge >= 0.3 is 5.69 Å². The summed E-state index contributed by atoms with van der Waals surface area (Å²) in [6.07, 6.45) is 3.99. The van der Waals surface area contributed by atoms with E-state index in [1.165, 1.54) is 25.3 Å². The Balaban J connectivity index is 1.31. The van der Waals surface area contributed by atoms with Crippen LogP contribution in [0.5, 0.6) is 5.75 Å². The molecule has 0 unspecified atom stereocenters. The zero-order chi connectivity index (χ0) is 24.9. The Hall–Kier alpha value is -3.88. The van der Waals surface area contributed by atoms with Gasteiger partial charge in [-0.3, -0.25) is 14.9 Å². The second-order valence-corrected chi connectivity index (χ2v) is 9.15. The lowest BCUT2D eigenvalue weighted by atomic mass is 9.86. The minimum absolute atomic E-state index is 0.0777. The predicted molar refractivity (Wildman–Crippen MR) is 137 cm³/mol. The van der Waals surface area contributed by atoms with E-state index in [0.29, 0.717) is 24.1 Å². The Morgan fingerprint density at radius 2 is 1.89 bits per heavy atom. The number of carbonyl (C=O) groups excluding carboxylic acids is 1. The van der Waals surface area contributed by atoms with Gasteiger partial charge < -0.3 is 20.3 Å². The summed E-state index contributed by atoms with van der Waals surface area (Å²) >= 11 is 0. The Morgan fingerprint density at radius 1 is 1.14 bits per heavy atom. The number of rotatable bonds is 8. The molecule has 1 heterocycles. The van der Waals surface area contributed by atoms with Crippen molar-refractivity contribution >= 4 is 34.0 Å². The Morgan fingerprint density at radius 3 is 2.57 bits per heavy atom. The molecule has 9 nitrogen and oxygen atoms in total. The summed E-state index contributed by atoms with van der Waals surface area (Å²) in [4.78, 5) is 30.0. The van der Waals surface area contributed by atoms with Crippen LogP contribution in [-0.4, -0.2) is 49.6 Å². The molecular weight excluding hydrogens is 446 g/mol. The van der Waals surface area contributed by atoms with Crippen LogP contribution in [0.2, 0.25) is 0 Å². The van der Waals surface area contributed by atoms with Crippen molar-refractivity contribution < 1.29 is 14.5 Å². The van der Waals surface area contributed by atoms with Crippen LogP contribution in [0, 0.1) is 16.0 Å². The number of amides is 1. The highest BCUT2D eigenvalue weighted by molar-refractivity contribution is 5.95. The molecule has 1 aliphatic rings. The summed E-state index contributed by atoms with van der Waals surface area (Å²) in [6.45, 7) is 0.573. The van der Waals surface area contributed by atoms with E-state index in [4.69, 9.17) is 9.72 Å². The van der Waals surface area contributed by atoms with Gasteiger partial charge in [0.05, 0.1) is 17.5 Å². The van der Waals surface area contributed by atoms with Gasteiger partial charge in [0, 0.05) is 61.5 Å². The predicted octanol–water partition coefficient (Wildman–Crippen LogP) is 4.62. The zero-order valence-corrected chi connectivity index (χ0v) is 20.3. The van der Waals surface area contributed by atoms with Crippen molar-refractivity contribution in [2.75, 3.05) is 38.0 Å². The molecule has 0 radical (unpaired) electrons. The molecule has 1 aliphatic carbocycles. The topological polar surface area (TPSA) is 110 Å². The van der Waals surface area contributed by atoms with E-state index in [1.54, 1.807) is 0 Å². The molecule has 3 aromatic rings. The lowest BCUT2D eigenvalue weighted by molar-refractivity contribution is -0.385. The first-order chi connectivity index (χ1) is 16.9.